The molecule has 17 heavy (non-hydrogen) atoms. The maximum atomic E-state index is 11.6. The molecule has 7 nitrogen and oxygen atoms in total. The Morgan fingerprint density at radius 3 is 2.29 bits per heavy atom. The molecule has 0 aliphatic carbocycles. The van der Waals surface area contributed by atoms with Gasteiger partial charge in [0.25, 0.3) is 0 Å². The normalized spacial score (nSPS) is 12.0. The van der Waals surface area contributed by atoms with Crippen LogP contribution in [-0.2, 0) is 19.9 Å². The number of hydrogen-bond acceptors (Lipinski definition) is 6. The fourth-order valence-corrected chi connectivity index (χ4v) is 3.51. The molecule has 9 heteroatoms. The highest BCUT2D eigenvalue weighted by molar-refractivity contribution is 7.94. The predicted octanol–water partition coefficient (Wildman–Crippen LogP) is -0.985. The molecule has 0 bridgehead atoms. The van der Waals surface area contributed by atoms with Crippen LogP contribution >= 0.6 is 0 Å². The van der Waals surface area contributed by atoms with Crippen LogP contribution in [0, 0.1) is 11.3 Å². The highest BCUT2D eigenvalue weighted by Crippen LogP contribution is 2.10. The summed E-state index contributed by atoms with van der Waals surface area (Å²) < 4.78 is 44.6. The van der Waals surface area contributed by atoms with Crippen molar-refractivity contribution in [1.82, 2.24) is 4.98 Å². The van der Waals surface area contributed by atoms with E-state index in [1.54, 1.807) is 6.07 Å². The number of nitrogens with zero attached hydrogens (tertiary/aromatic N) is 2. The first-order valence-corrected chi connectivity index (χ1v) is 7.71. The van der Waals surface area contributed by atoms with Gasteiger partial charge >= 0.3 is 0 Å². The van der Waals surface area contributed by atoms with Gasteiger partial charge in [0.2, 0.25) is 10.0 Å². The number of primary sulfonamides is 1. The van der Waals surface area contributed by atoms with Gasteiger partial charge in [-0.2, -0.15) is 5.26 Å². The molecule has 0 aliphatic heterocycles. The quantitative estimate of drug-likeness (QED) is 0.751. The van der Waals surface area contributed by atoms with Gasteiger partial charge in [-0.15, -0.1) is 0 Å². The number of aromatic nitrogens is 1. The summed E-state index contributed by atoms with van der Waals surface area (Å²) in [6.07, 6.45) is 1.01. The Morgan fingerprint density at radius 2 is 1.88 bits per heavy atom. The third-order valence-corrected chi connectivity index (χ3v) is 4.58. The van der Waals surface area contributed by atoms with E-state index in [0.29, 0.717) is 0 Å². The monoisotopic (exact) mass is 275 g/mol. The number of sulfone groups is 1. The number of rotatable bonds is 4. The molecular weight excluding hydrogens is 266 g/mol. The van der Waals surface area contributed by atoms with E-state index in [0.717, 1.165) is 6.20 Å². The van der Waals surface area contributed by atoms with E-state index >= 15 is 0 Å². The summed E-state index contributed by atoms with van der Waals surface area (Å²) in [4.78, 5) is 3.45. The van der Waals surface area contributed by atoms with Gasteiger partial charge in [0.05, 0.1) is 16.4 Å². The van der Waals surface area contributed by atoms with Gasteiger partial charge in [0.1, 0.15) is 11.8 Å². The Bertz CT molecular complexity index is 641. The van der Waals surface area contributed by atoms with Crippen LogP contribution in [0.2, 0.25) is 0 Å². The van der Waals surface area contributed by atoms with Gasteiger partial charge in [-0.1, -0.05) is 0 Å². The molecule has 0 aromatic carbocycles. The molecule has 0 saturated heterocycles. The number of nitrogens with two attached hydrogens (primary N) is 1. The molecule has 0 amide bonds. The summed E-state index contributed by atoms with van der Waals surface area (Å²) in [6, 6.07) is 4.18. The Labute approximate surface area is 98.9 Å². The van der Waals surface area contributed by atoms with E-state index in [2.05, 4.69) is 4.98 Å². The van der Waals surface area contributed by atoms with Crippen LogP contribution < -0.4 is 5.14 Å². The molecule has 92 valence electrons. The van der Waals surface area contributed by atoms with Gasteiger partial charge in [-0.25, -0.2) is 27.0 Å². The highest BCUT2D eigenvalue weighted by Gasteiger charge is 2.17. The number of sulfonamides is 1. The van der Waals surface area contributed by atoms with Crippen molar-refractivity contribution in [3.05, 3.63) is 24.0 Å². The van der Waals surface area contributed by atoms with Crippen LogP contribution in [0.1, 0.15) is 5.69 Å². The van der Waals surface area contributed by atoms with E-state index < -0.39 is 31.4 Å². The van der Waals surface area contributed by atoms with Crippen molar-refractivity contribution in [2.24, 2.45) is 5.14 Å². The molecule has 1 heterocycles. The van der Waals surface area contributed by atoms with Gasteiger partial charge in [0, 0.05) is 6.20 Å². The van der Waals surface area contributed by atoms with E-state index in [-0.39, 0.29) is 10.6 Å². The lowest BCUT2D eigenvalue weighted by molar-refractivity contribution is 0.588. The van der Waals surface area contributed by atoms with Crippen molar-refractivity contribution >= 4 is 19.9 Å². The fraction of sp³-hybridized carbons (Fsp3) is 0.250. The van der Waals surface area contributed by atoms with Crippen molar-refractivity contribution in [2.75, 3.05) is 11.5 Å². The highest BCUT2D eigenvalue weighted by atomic mass is 32.2. The van der Waals surface area contributed by atoms with Crippen LogP contribution in [-0.4, -0.2) is 33.3 Å². The maximum Gasteiger partial charge on any atom is 0.210 e. The zero-order chi connectivity index (χ0) is 13.1. The predicted molar refractivity (Wildman–Crippen MR) is 59.0 cm³/mol. The van der Waals surface area contributed by atoms with Crippen LogP contribution in [0.4, 0.5) is 0 Å². The molecule has 2 N–H and O–H groups in total. The molecule has 1 aromatic heterocycles. The van der Waals surface area contributed by atoms with Crippen LogP contribution in [0.3, 0.4) is 0 Å². The number of pyridine rings is 1. The van der Waals surface area contributed by atoms with Gasteiger partial charge in [0.15, 0.2) is 9.84 Å². The summed E-state index contributed by atoms with van der Waals surface area (Å²) in [7, 11) is -7.58. The second-order valence-electron chi connectivity index (χ2n) is 3.18. The van der Waals surface area contributed by atoms with E-state index in [1.807, 2.05) is 0 Å². The largest absolute Gasteiger partial charge is 0.244 e. The van der Waals surface area contributed by atoms with Gasteiger partial charge in [-0.3, -0.25) is 0 Å². The Balaban J connectivity index is 2.94. The van der Waals surface area contributed by atoms with Crippen molar-refractivity contribution < 1.29 is 16.8 Å². The second kappa shape index (κ2) is 4.79. The second-order valence-corrected chi connectivity index (χ2v) is 7.02. The smallest absolute Gasteiger partial charge is 0.210 e. The number of hydrogen-bond donors (Lipinski definition) is 1. The average molecular weight is 275 g/mol. The molecule has 0 saturated carbocycles. The third-order valence-electron chi connectivity index (χ3n) is 1.85. The SMILES string of the molecule is N#Cc1ccc(S(=O)(=O)CCS(N)(=O)=O)cn1. The lowest BCUT2D eigenvalue weighted by Crippen LogP contribution is -2.23. The average Bonchev–Trinajstić information content (AvgIpc) is 2.26. The first-order valence-electron chi connectivity index (χ1n) is 4.34. The standard InChI is InChI=1S/C8H9N3O4S2/c9-5-7-1-2-8(6-11-7)16(12,13)3-4-17(10,14)15/h1-2,6H,3-4H2,(H2,10,14,15). The lowest BCUT2D eigenvalue weighted by atomic mass is 10.4. The fourth-order valence-electron chi connectivity index (χ4n) is 0.974. The van der Waals surface area contributed by atoms with Crippen molar-refractivity contribution in [2.45, 2.75) is 4.90 Å². The zero-order valence-electron chi connectivity index (χ0n) is 8.57. The number of nitriles is 1. The molecule has 0 unspecified atom stereocenters. The van der Waals surface area contributed by atoms with Crippen LogP contribution in [0.25, 0.3) is 0 Å². The van der Waals surface area contributed by atoms with Crippen LogP contribution in [0.15, 0.2) is 23.2 Å². The van der Waals surface area contributed by atoms with E-state index in [1.165, 1.54) is 12.1 Å². The van der Waals surface area contributed by atoms with Gasteiger partial charge in [-0.05, 0) is 12.1 Å². The molecule has 0 fully saturated rings. The van der Waals surface area contributed by atoms with Crippen molar-refractivity contribution in [3.8, 4) is 6.07 Å². The van der Waals surface area contributed by atoms with E-state index in [9.17, 15) is 16.8 Å². The molecule has 0 spiro atoms. The third kappa shape index (κ3) is 4.10. The topological polar surface area (TPSA) is 131 Å². The Kier molecular flexibility index (Phi) is 3.82. The Morgan fingerprint density at radius 1 is 1.24 bits per heavy atom. The summed E-state index contributed by atoms with van der Waals surface area (Å²) in [5, 5.41) is 13.2. The van der Waals surface area contributed by atoms with Crippen molar-refractivity contribution in [1.29, 1.82) is 5.26 Å². The van der Waals surface area contributed by atoms with Crippen molar-refractivity contribution in [3.63, 3.8) is 0 Å². The molecule has 0 aliphatic rings. The summed E-state index contributed by atoms with van der Waals surface area (Å²) in [6.45, 7) is 0. The molecular formula is C8H9N3O4S2. The zero-order valence-corrected chi connectivity index (χ0v) is 10.2. The first kappa shape index (κ1) is 13.6. The molecule has 0 atom stereocenters. The molecule has 1 aromatic rings. The summed E-state index contributed by atoms with van der Waals surface area (Å²) >= 11 is 0. The lowest BCUT2D eigenvalue weighted by Gasteiger charge is -2.02. The van der Waals surface area contributed by atoms with E-state index in [4.69, 9.17) is 10.4 Å². The van der Waals surface area contributed by atoms with Crippen LogP contribution in [0.5, 0.6) is 0 Å². The first-order chi connectivity index (χ1) is 7.74. The maximum absolute atomic E-state index is 11.6. The molecule has 0 radical (unpaired) electrons. The molecule has 1 rings (SSSR count). The minimum absolute atomic E-state index is 0.0791. The Hall–Kier alpha value is -1.50. The minimum Gasteiger partial charge on any atom is -0.244 e. The van der Waals surface area contributed by atoms with Gasteiger partial charge < -0.3 is 0 Å². The summed E-state index contributed by atoms with van der Waals surface area (Å²) in [5.74, 6) is -1.27. The summed E-state index contributed by atoms with van der Waals surface area (Å²) in [5.41, 5.74) is 0.0791. The minimum atomic E-state index is -3.83.